The molecular formula is C12H18N2. The van der Waals surface area contributed by atoms with Gasteiger partial charge in [0.1, 0.15) is 0 Å². The third-order valence-electron chi connectivity index (χ3n) is 2.96. The topological polar surface area (TPSA) is 38.0 Å². The van der Waals surface area contributed by atoms with Gasteiger partial charge in [-0.15, -0.1) is 0 Å². The van der Waals surface area contributed by atoms with Gasteiger partial charge >= 0.3 is 0 Å². The monoisotopic (exact) mass is 190 g/mol. The Balaban J connectivity index is 2.13. The van der Waals surface area contributed by atoms with Gasteiger partial charge in [-0.25, -0.2) is 0 Å². The molecule has 2 nitrogen and oxygen atoms in total. The largest absolute Gasteiger partial charge is 0.326 e. The van der Waals surface area contributed by atoms with Crippen LogP contribution in [0, 0.1) is 0 Å². The van der Waals surface area contributed by atoms with Crippen LogP contribution in [0.2, 0.25) is 0 Å². The van der Waals surface area contributed by atoms with Gasteiger partial charge in [0.05, 0.1) is 0 Å². The third kappa shape index (κ3) is 2.14. The highest BCUT2D eigenvalue weighted by atomic mass is 14.9. The molecule has 1 fully saturated rings. The Bertz CT molecular complexity index is 290. The summed E-state index contributed by atoms with van der Waals surface area (Å²) in [6, 6.07) is 8.68. The number of rotatable bonds is 2. The SMILES string of the molecule is NCc1cccc(C2CCCNC2)c1. The molecule has 1 aliphatic heterocycles. The maximum Gasteiger partial charge on any atom is 0.0178 e. The van der Waals surface area contributed by atoms with Crippen LogP contribution in [-0.4, -0.2) is 13.1 Å². The summed E-state index contributed by atoms with van der Waals surface area (Å²) in [5.41, 5.74) is 8.32. The fourth-order valence-electron chi connectivity index (χ4n) is 2.11. The number of hydrogen-bond donors (Lipinski definition) is 2. The molecule has 14 heavy (non-hydrogen) atoms. The molecular weight excluding hydrogens is 172 g/mol. The van der Waals surface area contributed by atoms with Crippen molar-refractivity contribution in [3.63, 3.8) is 0 Å². The second kappa shape index (κ2) is 4.58. The van der Waals surface area contributed by atoms with Gasteiger partial charge in [0, 0.05) is 13.1 Å². The predicted molar refractivity (Wildman–Crippen MR) is 59.2 cm³/mol. The Morgan fingerprint density at radius 2 is 2.36 bits per heavy atom. The lowest BCUT2D eigenvalue weighted by molar-refractivity contribution is 0.461. The van der Waals surface area contributed by atoms with Crippen molar-refractivity contribution in [2.45, 2.75) is 25.3 Å². The summed E-state index contributed by atoms with van der Waals surface area (Å²) in [5.74, 6) is 0.690. The van der Waals surface area contributed by atoms with E-state index in [0.717, 1.165) is 6.54 Å². The Hall–Kier alpha value is -0.860. The number of nitrogens with one attached hydrogen (secondary N) is 1. The smallest absolute Gasteiger partial charge is 0.0178 e. The summed E-state index contributed by atoms with van der Waals surface area (Å²) in [6.07, 6.45) is 2.60. The van der Waals surface area contributed by atoms with E-state index in [4.69, 9.17) is 5.73 Å². The molecule has 1 aliphatic rings. The predicted octanol–water partition coefficient (Wildman–Crippen LogP) is 1.61. The van der Waals surface area contributed by atoms with Gasteiger partial charge in [0.2, 0.25) is 0 Å². The minimum absolute atomic E-state index is 0.647. The van der Waals surface area contributed by atoms with Crippen molar-refractivity contribution in [1.82, 2.24) is 5.32 Å². The molecule has 0 amide bonds. The second-order valence-electron chi connectivity index (χ2n) is 3.99. The van der Waals surface area contributed by atoms with Crippen molar-refractivity contribution < 1.29 is 0 Å². The van der Waals surface area contributed by atoms with E-state index in [-0.39, 0.29) is 0 Å². The quantitative estimate of drug-likeness (QED) is 0.743. The zero-order valence-corrected chi connectivity index (χ0v) is 8.50. The van der Waals surface area contributed by atoms with Gasteiger partial charge in [-0.1, -0.05) is 24.3 Å². The van der Waals surface area contributed by atoms with Crippen LogP contribution in [0.3, 0.4) is 0 Å². The van der Waals surface area contributed by atoms with Crippen LogP contribution in [0.5, 0.6) is 0 Å². The molecule has 0 radical (unpaired) electrons. The van der Waals surface area contributed by atoms with Gasteiger partial charge in [0.15, 0.2) is 0 Å². The van der Waals surface area contributed by atoms with Crippen molar-refractivity contribution in [2.75, 3.05) is 13.1 Å². The fourth-order valence-corrected chi connectivity index (χ4v) is 2.11. The maximum absolute atomic E-state index is 5.63. The fraction of sp³-hybridized carbons (Fsp3) is 0.500. The van der Waals surface area contributed by atoms with Crippen molar-refractivity contribution in [3.05, 3.63) is 35.4 Å². The van der Waals surface area contributed by atoms with Gasteiger partial charge in [-0.05, 0) is 36.4 Å². The summed E-state index contributed by atoms with van der Waals surface area (Å²) < 4.78 is 0. The van der Waals surface area contributed by atoms with Gasteiger partial charge in [0.25, 0.3) is 0 Å². The summed E-state index contributed by atoms with van der Waals surface area (Å²) in [4.78, 5) is 0. The zero-order chi connectivity index (χ0) is 9.80. The van der Waals surface area contributed by atoms with Crippen LogP contribution in [0.1, 0.15) is 29.9 Å². The molecule has 0 bridgehead atoms. The summed E-state index contributed by atoms with van der Waals surface area (Å²) >= 11 is 0. The van der Waals surface area contributed by atoms with E-state index in [0.29, 0.717) is 12.5 Å². The van der Waals surface area contributed by atoms with Gasteiger partial charge in [-0.3, -0.25) is 0 Å². The highest BCUT2D eigenvalue weighted by molar-refractivity contribution is 5.26. The highest BCUT2D eigenvalue weighted by Gasteiger charge is 2.14. The number of benzene rings is 1. The Kier molecular flexibility index (Phi) is 3.17. The van der Waals surface area contributed by atoms with Gasteiger partial charge < -0.3 is 11.1 Å². The average Bonchev–Trinajstić information content (AvgIpc) is 2.30. The molecule has 0 aromatic heterocycles. The molecule has 0 saturated carbocycles. The second-order valence-corrected chi connectivity index (χ2v) is 3.99. The standard InChI is InChI=1S/C12H18N2/c13-8-10-3-1-4-11(7-10)12-5-2-6-14-9-12/h1,3-4,7,12,14H,2,5-6,8-9,13H2. The Labute approximate surface area is 85.5 Å². The third-order valence-corrected chi connectivity index (χ3v) is 2.96. The zero-order valence-electron chi connectivity index (χ0n) is 8.50. The summed E-state index contributed by atoms with van der Waals surface area (Å²) in [5, 5.41) is 3.44. The summed E-state index contributed by atoms with van der Waals surface area (Å²) in [6.45, 7) is 2.94. The Morgan fingerprint density at radius 3 is 3.07 bits per heavy atom. The normalized spacial score (nSPS) is 22.2. The van der Waals surface area contributed by atoms with Crippen LogP contribution in [-0.2, 0) is 6.54 Å². The van der Waals surface area contributed by atoms with E-state index >= 15 is 0 Å². The van der Waals surface area contributed by atoms with Crippen molar-refractivity contribution in [3.8, 4) is 0 Å². The molecule has 3 N–H and O–H groups in total. The van der Waals surface area contributed by atoms with Crippen molar-refractivity contribution >= 4 is 0 Å². The number of nitrogens with two attached hydrogens (primary N) is 1. The average molecular weight is 190 g/mol. The molecule has 1 saturated heterocycles. The van der Waals surface area contributed by atoms with E-state index in [2.05, 4.69) is 29.6 Å². The lowest BCUT2D eigenvalue weighted by Crippen LogP contribution is -2.28. The minimum Gasteiger partial charge on any atom is -0.326 e. The van der Waals surface area contributed by atoms with E-state index < -0.39 is 0 Å². The van der Waals surface area contributed by atoms with E-state index in [1.54, 1.807) is 0 Å². The van der Waals surface area contributed by atoms with Crippen LogP contribution in [0.15, 0.2) is 24.3 Å². The first kappa shape index (κ1) is 9.69. The Morgan fingerprint density at radius 1 is 1.43 bits per heavy atom. The molecule has 76 valence electrons. The molecule has 1 unspecified atom stereocenters. The molecule has 0 aliphatic carbocycles. The van der Waals surface area contributed by atoms with Crippen LogP contribution in [0.25, 0.3) is 0 Å². The first-order chi connectivity index (χ1) is 6.90. The highest BCUT2D eigenvalue weighted by Crippen LogP contribution is 2.23. The minimum atomic E-state index is 0.647. The first-order valence-electron chi connectivity index (χ1n) is 5.40. The van der Waals surface area contributed by atoms with E-state index in [1.807, 2.05) is 0 Å². The molecule has 1 aromatic rings. The van der Waals surface area contributed by atoms with E-state index in [9.17, 15) is 0 Å². The number of piperidine rings is 1. The van der Waals surface area contributed by atoms with E-state index in [1.165, 1.54) is 30.5 Å². The molecule has 1 aromatic carbocycles. The molecule has 0 spiro atoms. The van der Waals surface area contributed by atoms with Crippen LogP contribution in [0.4, 0.5) is 0 Å². The van der Waals surface area contributed by atoms with Crippen LogP contribution >= 0.6 is 0 Å². The first-order valence-corrected chi connectivity index (χ1v) is 5.40. The maximum atomic E-state index is 5.63. The van der Waals surface area contributed by atoms with Crippen molar-refractivity contribution in [1.29, 1.82) is 0 Å². The molecule has 2 rings (SSSR count). The molecule has 1 heterocycles. The molecule has 2 heteroatoms. The van der Waals surface area contributed by atoms with Gasteiger partial charge in [-0.2, -0.15) is 0 Å². The summed E-state index contributed by atoms with van der Waals surface area (Å²) in [7, 11) is 0. The number of hydrogen-bond acceptors (Lipinski definition) is 2. The molecule has 1 atom stereocenters. The van der Waals surface area contributed by atoms with Crippen LogP contribution < -0.4 is 11.1 Å². The lowest BCUT2D eigenvalue weighted by Gasteiger charge is -2.23. The van der Waals surface area contributed by atoms with Crippen molar-refractivity contribution in [2.24, 2.45) is 5.73 Å². The lowest BCUT2D eigenvalue weighted by atomic mass is 9.91.